The van der Waals surface area contributed by atoms with Crippen molar-refractivity contribution in [2.24, 2.45) is 11.8 Å². The summed E-state index contributed by atoms with van der Waals surface area (Å²) in [6.45, 7) is 4.01. The third-order valence-electron chi connectivity index (χ3n) is 8.67. The lowest BCUT2D eigenvalue weighted by Crippen LogP contribution is -2.49. The van der Waals surface area contributed by atoms with Crippen molar-refractivity contribution >= 4 is 33.0 Å². The molecule has 40 heavy (non-hydrogen) atoms. The Morgan fingerprint density at radius 2 is 1.85 bits per heavy atom. The number of sulfone groups is 1. The standard InChI is InChI=1S/C30H38FN3O5S/c1-19-6-8-21(9-7-19)27(34-28(35)22-5-3-4-20(14-22)17-40(2,37)38)29(36)33-23-15-24(31)26-25(16-23)32-18-30(26)10-12-39-13-11-30/h3-5,14-16,19,21,27,32H,6-13,17-18H2,1-2H3,(H,33,36)(H,34,35)/t19?,21?,27-/m0/s1. The van der Waals surface area contributed by atoms with Gasteiger partial charge in [0.05, 0.1) is 5.75 Å². The Kier molecular flexibility index (Phi) is 8.20. The van der Waals surface area contributed by atoms with Gasteiger partial charge in [-0.1, -0.05) is 31.9 Å². The Morgan fingerprint density at radius 1 is 1.12 bits per heavy atom. The van der Waals surface area contributed by atoms with Crippen LogP contribution in [0.1, 0.15) is 66.9 Å². The number of anilines is 2. The van der Waals surface area contributed by atoms with Gasteiger partial charge in [0.15, 0.2) is 9.84 Å². The maximum atomic E-state index is 15.5. The van der Waals surface area contributed by atoms with Gasteiger partial charge >= 0.3 is 0 Å². The second-order valence-electron chi connectivity index (χ2n) is 11.9. The molecule has 10 heteroatoms. The van der Waals surface area contributed by atoms with E-state index >= 15 is 4.39 Å². The fourth-order valence-electron chi connectivity index (χ4n) is 6.47. The number of carbonyl (C=O) groups is 2. The summed E-state index contributed by atoms with van der Waals surface area (Å²) in [5.74, 6) is -0.879. The number of hydrogen-bond acceptors (Lipinski definition) is 6. The molecule has 2 aromatic carbocycles. The zero-order chi connectivity index (χ0) is 28.5. The van der Waals surface area contributed by atoms with Crippen molar-refractivity contribution in [3.05, 3.63) is 58.9 Å². The summed E-state index contributed by atoms with van der Waals surface area (Å²) in [6.07, 6.45) is 6.13. The SMILES string of the molecule is CC1CCC([C@H](NC(=O)c2cccc(CS(C)(=O)=O)c2)C(=O)Nc2cc(F)c3c(c2)NCC32CCOCC2)CC1. The molecule has 3 aliphatic rings. The minimum absolute atomic E-state index is 0.0674. The van der Waals surface area contributed by atoms with Crippen molar-refractivity contribution < 1.29 is 27.1 Å². The Morgan fingerprint density at radius 3 is 2.55 bits per heavy atom. The topological polar surface area (TPSA) is 114 Å². The first-order valence-electron chi connectivity index (χ1n) is 14.1. The van der Waals surface area contributed by atoms with Crippen molar-refractivity contribution in [2.45, 2.75) is 62.7 Å². The first-order valence-corrected chi connectivity index (χ1v) is 16.1. The molecule has 1 spiro atoms. The molecular formula is C30H38FN3O5S. The van der Waals surface area contributed by atoms with E-state index in [0.717, 1.165) is 44.8 Å². The number of fused-ring (bicyclic) bond motifs is 2. The van der Waals surface area contributed by atoms with Gasteiger partial charge in [-0.15, -0.1) is 0 Å². The molecule has 1 atom stereocenters. The summed E-state index contributed by atoms with van der Waals surface area (Å²) < 4.78 is 44.5. The van der Waals surface area contributed by atoms with Gasteiger partial charge in [0.1, 0.15) is 11.9 Å². The third kappa shape index (κ3) is 6.33. The summed E-state index contributed by atoms with van der Waals surface area (Å²) in [7, 11) is -3.27. The minimum Gasteiger partial charge on any atom is -0.384 e. The summed E-state index contributed by atoms with van der Waals surface area (Å²) in [6, 6.07) is 8.78. The van der Waals surface area contributed by atoms with Gasteiger partial charge in [-0.05, 0) is 67.3 Å². The van der Waals surface area contributed by atoms with E-state index in [9.17, 15) is 18.0 Å². The van der Waals surface area contributed by atoms with E-state index in [2.05, 4.69) is 22.9 Å². The summed E-state index contributed by atoms with van der Waals surface area (Å²) in [5.41, 5.74) is 2.20. The van der Waals surface area contributed by atoms with E-state index in [-0.39, 0.29) is 28.5 Å². The molecule has 0 unspecified atom stereocenters. The van der Waals surface area contributed by atoms with E-state index < -0.39 is 27.7 Å². The monoisotopic (exact) mass is 571 g/mol. The average Bonchev–Trinajstić information content (AvgIpc) is 3.25. The normalized spacial score (nSPS) is 22.7. The molecule has 5 rings (SSSR count). The van der Waals surface area contributed by atoms with Gasteiger partial charge in [-0.3, -0.25) is 9.59 Å². The molecule has 2 amide bonds. The zero-order valence-electron chi connectivity index (χ0n) is 23.1. The fourth-order valence-corrected chi connectivity index (χ4v) is 7.25. The lowest BCUT2D eigenvalue weighted by atomic mass is 9.75. The molecule has 216 valence electrons. The second-order valence-corrected chi connectivity index (χ2v) is 14.0. The number of nitrogens with one attached hydrogen (secondary N) is 3. The second kappa shape index (κ2) is 11.5. The number of rotatable bonds is 7. The molecule has 0 aromatic heterocycles. The molecule has 8 nitrogen and oxygen atoms in total. The first kappa shape index (κ1) is 28.5. The molecule has 0 radical (unpaired) electrons. The Labute approximate surface area is 235 Å². The van der Waals surface area contributed by atoms with Crippen LogP contribution in [-0.2, 0) is 30.5 Å². The molecule has 1 saturated heterocycles. The van der Waals surface area contributed by atoms with Crippen LogP contribution in [0, 0.1) is 17.7 Å². The number of ether oxygens (including phenoxy) is 1. The molecule has 2 aliphatic heterocycles. The van der Waals surface area contributed by atoms with Crippen molar-refractivity contribution in [1.29, 1.82) is 0 Å². The Hall–Kier alpha value is -2.98. The molecule has 2 heterocycles. The van der Waals surface area contributed by atoms with Crippen molar-refractivity contribution in [2.75, 3.05) is 36.6 Å². The van der Waals surface area contributed by atoms with Crippen LogP contribution in [0.15, 0.2) is 36.4 Å². The summed E-state index contributed by atoms with van der Waals surface area (Å²) in [4.78, 5) is 27.0. The smallest absolute Gasteiger partial charge is 0.251 e. The highest BCUT2D eigenvalue weighted by atomic mass is 32.2. The van der Waals surface area contributed by atoms with Gasteiger partial charge in [-0.25, -0.2) is 12.8 Å². The maximum Gasteiger partial charge on any atom is 0.251 e. The van der Waals surface area contributed by atoms with Crippen LogP contribution in [0.2, 0.25) is 0 Å². The van der Waals surface area contributed by atoms with Crippen molar-refractivity contribution in [3.8, 4) is 0 Å². The lowest BCUT2D eigenvalue weighted by molar-refractivity contribution is -0.119. The van der Waals surface area contributed by atoms with E-state index in [4.69, 9.17) is 4.74 Å². The Bertz CT molecular complexity index is 1380. The maximum absolute atomic E-state index is 15.5. The third-order valence-corrected chi connectivity index (χ3v) is 9.53. The van der Waals surface area contributed by atoms with Gasteiger partial charge < -0.3 is 20.7 Å². The van der Waals surface area contributed by atoms with Gasteiger partial charge in [-0.2, -0.15) is 0 Å². The quantitative estimate of drug-likeness (QED) is 0.454. The fraction of sp³-hybridized carbons (Fsp3) is 0.533. The highest BCUT2D eigenvalue weighted by molar-refractivity contribution is 7.89. The molecule has 2 fully saturated rings. The highest BCUT2D eigenvalue weighted by Crippen LogP contribution is 2.46. The van der Waals surface area contributed by atoms with Crippen molar-refractivity contribution in [3.63, 3.8) is 0 Å². The van der Waals surface area contributed by atoms with Crippen LogP contribution in [0.3, 0.4) is 0 Å². The van der Waals surface area contributed by atoms with Crippen LogP contribution in [0.5, 0.6) is 0 Å². The predicted molar refractivity (Wildman–Crippen MR) is 153 cm³/mol. The number of halogens is 1. The van der Waals surface area contributed by atoms with Crippen LogP contribution in [0.4, 0.5) is 15.8 Å². The van der Waals surface area contributed by atoms with Crippen LogP contribution in [-0.4, -0.2) is 52.3 Å². The molecule has 1 saturated carbocycles. The van der Waals surface area contributed by atoms with Gasteiger partial charge in [0.2, 0.25) is 5.91 Å². The van der Waals surface area contributed by atoms with E-state index in [1.165, 1.54) is 6.07 Å². The minimum atomic E-state index is -3.27. The average molecular weight is 572 g/mol. The molecule has 2 aromatic rings. The summed E-state index contributed by atoms with van der Waals surface area (Å²) >= 11 is 0. The van der Waals surface area contributed by atoms with Crippen LogP contribution >= 0.6 is 0 Å². The van der Waals surface area contributed by atoms with Crippen molar-refractivity contribution in [1.82, 2.24) is 5.32 Å². The van der Waals surface area contributed by atoms with Crippen LogP contribution < -0.4 is 16.0 Å². The van der Waals surface area contributed by atoms with E-state index in [1.54, 1.807) is 30.3 Å². The zero-order valence-corrected chi connectivity index (χ0v) is 23.9. The lowest BCUT2D eigenvalue weighted by Gasteiger charge is -2.33. The van der Waals surface area contributed by atoms with Crippen LogP contribution in [0.25, 0.3) is 0 Å². The summed E-state index contributed by atoms with van der Waals surface area (Å²) in [5, 5.41) is 9.12. The van der Waals surface area contributed by atoms with Gasteiger partial charge in [0.25, 0.3) is 5.91 Å². The highest BCUT2D eigenvalue weighted by Gasteiger charge is 2.43. The van der Waals surface area contributed by atoms with E-state index in [1.807, 2.05) is 0 Å². The largest absolute Gasteiger partial charge is 0.384 e. The number of benzene rings is 2. The predicted octanol–water partition coefficient (Wildman–Crippen LogP) is 4.41. The number of hydrogen-bond donors (Lipinski definition) is 3. The number of amides is 2. The molecular weight excluding hydrogens is 533 g/mol. The number of carbonyl (C=O) groups excluding carboxylic acids is 2. The Balaban J connectivity index is 1.36. The molecule has 3 N–H and O–H groups in total. The molecule has 1 aliphatic carbocycles. The van der Waals surface area contributed by atoms with E-state index in [0.29, 0.717) is 48.2 Å². The molecule has 0 bridgehead atoms. The van der Waals surface area contributed by atoms with Gasteiger partial charge in [0, 0.05) is 53.9 Å². The first-order chi connectivity index (χ1) is 19.0.